The standard InChI is InChI=1S/C32H43N5O7S/c1-5-43-26(38)17-25(45)23(16-21-11-13-33-29(21)39)34-31(41)28-22(20-9-7-6-8-10-20)12-14-37(28)32(42)27(18(2)3)35-30(40)24-15-19(4)44-36-24/h6-10,15,18,21-23,25,27-28,45H,5,11-14,16-17H2,1-4H3,(H,33,39)(H,34,41)(H,35,40)/t21-,22+,23-,25-,27-,28-/m0/s1. The summed E-state index contributed by atoms with van der Waals surface area (Å²) in [6, 6.07) is 8.51. The first-order valence-electron chi connectivity index (χ1n) is 15.5. The van der Waals surface area contributed by atoms with Gasteiger partial charge in [0.05, 0.1) is 13.0 Å². The number of rotatable bonds is 13. The first-order chi connectivity index (χ1) is 21.5. The molecule has 1 aromatic heterocycles. The summed E-state index contributed by atoms with van der Waals surface area (Å²) < 4.78 is 10.1. The lowest BCUT2D eigenvalue weighted by Crippen LogP contribution is -2.57. The molecule has 2 aromatic rings. The quantitative estimate of drug-likeness (QED) is 0.192. The van der Waals surface area contributed by atoms with Crippen LogP contribution in [0.1, 0.15) is 74.2 Å². The van der Waals surface area contributed by atoms with E-state index in [1.165, 1.54) is 11.0 Å². The fourth-order valence-corrected chi connectivity index (χ4v) is 6.43. The van der Waals surface area contributed by atoms with Gasteiger partial charge in [-0.25, -0.2) is 0 Å². The number of ether oxygens (including phenoxy) is 1. The highest BCUT2D eigenvalue weighted by atomic mass is 32.1. The normalized spacial score (nSPS) is 21.6. The lowest BCUT2D eigenvalue weighted by Gasteiger charge is -2.34. The van der Waals surface area contributed by atoms with Crippen molar-refractivity contribution in [3.8, 4) is 0 Å². The number of benzene rings is 1. The highest BCUT2D eigenvalue weighted by Crippen LogP contribution is 2.35. The monoisotopic (exact) mass is 641 g/mol. The molecule has 6 atom stereocenters. The Morgan fingerprint density at radius 3 is 2.49 bits per heavy atom. The van der Waals surface area contributed by atoms with Gasteiger partial charge in [0.2, 0.25) is 17.7 Å². The Morgan fingerprint density at radius 1 is 1.16 bits per heavy atom. The second kappa shape index (κ2) is 15.4. The largest absolute Gasteiger partial charge is 0.466 e. The maximum Gasteiger partial charge on any atom is 0.306 e. The van der Waals surface area contributed by atoms with Crippen molar-refractivity contribution in [1.82, 2.24) is 26.0 Å². The van der Waals surface area contributed by atoms with Gasteiger partial charge in [0.15, 0.2) is 5.69 Å². The first kappa shape index (κ1) is 34.0. The van der Waals surface area contributed by atoms with Crippen molar-refractivity contribution in [3.63, 3.8) is 0 Å². The van der Waals surface area contributed by atoms with Crippen molar-refractivity contribution in [2.45, 2.75) is 82.7 Å². The van der Waals surface area contributed by atoms with Crippen molar-refractivity contribution in [2.24, 2.45) is 11.8 Å². The molecule has 0 bridgehead atoms. The molecular weight excluding hydrogens is 598 g/mol. The average Bonchev–Trinajstić information content (AvgIpc) is 3.75. The van der Waals surface area contributed by atoms with Crippen LogP contribution in [-0.4, -0.2) is 82.7 Å². The number of hydrogen-bond acceptors (Lipinski definition) is 9. The maximum atomic E-state index is 14.3. The molecule has 1 aromatic carbocycles. The number of likely N-dealkylation sites (tertiary alicyclic amines) is 1. The van der Waals surface area contributed by atoms with Gasteiger partial charge in [-0.1, -0.05) is 49.3 Å². The number of nitrogens with one attached hydrogen (secondary N) is 3. The number of amides is 4. The summed E-state index contributed by atoms with van der Waals surface area (Å²) in [4.78, 5) is 67.8. The molecule has 2 saturated heterocycles. The van der Waals surface area contributed by atoms with Crippen LogP contribution in [0.5, 0.6) is 0 Å². The number of carbonyl (C=O) groups is 5. The zero-order valence-electron chi connectivity index (χ0n) is 26.2. The molecule has 4 amide bonds. The van der Waals surface area contributed by atoms with Crippen molar-refractivity contribution < 1.29 is 33.2 Å². The van der Waals surface area contributed by atoms with Crippen LogP contribution in [-0.2, 0) is 23.9 Å². The van der Waals surface area contributed by atoms with Gasteiger partial charge < -0.3 is 30.1 Å². The van der Waals surface area contributed by atoms with E-state index in [4.69, 9.17) is 9.26 Å². The summed E-state index contributed by atoms with van der Waals surface area (Å²) in [7, 11) is 0. The summed E-state index contributed by atoms with van der Waals surface area (Å²) in [6.45, 7) is 8.06. The van der Waals surface area contributed by atoms with Crippen LogP contribution in [0.3, 0.4) is 0 Å². The molecule has 2 aliphatic rings. The molecule has 2 fully saturated rings. The topological polar surface area (TPSA) is 160 Å². The molecule has 244 valence electrons. The fourth-order valence-electron chi connectivity index (χ4n) is 6.08. The lowest BCUT2D eigenvalue weighted by molar-refractivity contribution is -0.143. The number of aromatic nitrogens is 1. The van der Waals surface area contributed by atoms with Gasteiger partial charge in [0, 0.05) is 42.3 Å². The molecule has 0 spiro atoms. The molecule has 3 N–H and O–H groups in total. The molecule has 13 heteroatoms. The number of esters is 1. The minimum atomic E-state index is -0.932. The van der Waals surface area contributed by atoms with Gasteiger partial charge in [0.25, 0.3) is 5.91 Å². The Labute approximate surface area is 268 Å². The third-order valence-corrected chi connectivity index (χ3v) is 8.97. The third kappa shape index (κ3) is 8.44. The van der Waals surface area contributed by atoms with Crippen LogP contribution >= 0.6 is 12.6 Å². The van der Waals surface area contributed by atoms with Gasteiger partial charge in [-0.2, -0.15) is 12.6 Å². The predicted molar refractivity (Wildman–Crippen MR) is 168 cm³/mol. The Bertz CT molecular complexity index is 1370. The van der Waals surface area contributed by atoms with E-state index in [9.17, 15) is 24.0 Å². The minimum absolute atomic E-state index is 0.0593. The zero-order valence-corrected chi connectivity index (χ0v) is 27.0. The van der Waals surface area contributed by atoms with E-state index in [1.807, 2.05) is 44.2 Å². The smallest absolute Gasteiger partial charge is 0.306 e. The van der Waals surface area contributed by atoms with Gasteiger partial charge >= 0.3 is 5.97 Å². The van der Waals surface area contributed by atoms with E-state index < -0.39 is 47.1 Å². The molecule has 0 aliphatic carbocycles. The molecule has 0 radical (unpaired) electrons. The Hall–Kier alpha value is -3.87. The zero-order chi connectivity index (χ0) is 32.7. The van der Waals surface area contributed by atoms with Crippen LogP contribution in [0.15, 0.2) is 40.9 Å². The minimum Gasteiger partial charge on any atom is -0.466 e. The van der Waals surface area contributed by atoms with E-state index in [0.29, 0.717) is 31.7 Å². The summed E-state index contributed by atoms with van der Waals surface area (Å²) >= 11 is 4.68. The summed E-state index contributed by atoms with van der Waals surface area (Å²) in [5, 5.41) is 11.8. The molecule has 4 rings (SSSR count). The van der Waals surface area contributed by atoms with Crippen LogP contribution in [0.4, 0.5) is 0 Å². The number of carbonyl (C=O) groups excluding carboxylic acids is 5. The van der Waals surface area contributed by atoms with E-state index in [-0.39, 0.29) is 48.8 Å². The van der Waals surface area contributed by atoms with E-state index >= 15 is 0 Å². The molecule has 0 unspecified atom stereocenters. The number of nitrogens with zero attached hydrogens (tertiary/aromatic N) is 2. The Morgan fingerprint density at radius 2 is 1.89 bits per heavy atom. The highest BCUT2D eigenvalue weighted by Gasteiger charge is 2.46. The molecule has 2 aliphatic heterocycles. The number of aryl methyl sites for hydroxylation is 1. The predicted octanol–water partition coefficient (Wildman–Crippen LogP) is 2.38. The lowest BCUT2D eigenvalue weighted by atomic mass is 9.89. The summed E-state index contributed by atoms with van der Waals surface area (Å²) in [5.41, 5.74) is 0.959. The highest BCUT2D eigenvalue weighted by molar-refractivity contribution is 7.81. The average molecular weight is 642 g/mol. The SMILES string of the molecule is CCOC(=O)C[C@H](S)[C@H](C[C@@H]1CCNC1=O)NC(=O)[C@@H]1[C@@H](c2ccccc2)CCN1C(=O)[C@@H](NC(=O)c1cc(C)on1)C(C)C. The number of hydrogen-bond donors (Lipinski definition) is 4. The number of thiol groups is 1. The molecule has 45 heavy (non-hydrogen) atoms. The molecule has 0 saturated carbocycles. The van der Waals surface area contributed by atoms with Gasteiger partial charge in [-0.3, -0.25) is 24.0 Å². The maximum absolute atomic E-state index is 14.3. The summed E-state index contributed by atoms with van der Waals surface area (Å²) in [6.07, 6.45) is 1.35. The van der Waals surface area contributed by atoms with E-state index in [0.717, 1.165) is 5.56 Å². The van der Waals surface area contributed by atoms with Gasteiger partial charge in [0.1, 0.15) is 17.8 Å². The van der Waals surface area contributed by atoms with Crippen LogP contribution in [0.25, 0.3) is 0 Å². The second-order valence-corrected chi connectivity index (χ2v) is 12.7. The molecule has 12 nitrogen and oxygen atoms in total. The Balaban J connectivity index is 1.61. The first-order valence-corrected chi connectivity index (χ1v) is 16.0. The second-order valence-electron chi connectivity index (χ2n) is 12.0. The van der Waals surface area contributed by atoms with Crippen LogP contribution in [0, 0.1) is 18.8 Å². The van der Waals surface area contributed by atoms with Crippen LogP contribution < -0.4 is 16.0 Å². The van der Waals surface area contributed by atoms with Crippen molar-refractivity contribution >= 4 is 42.2 Å². The Kier molecular flexibility index (Phi) is 11.7. The molecular formula is C32H43N5O7S. The van der Waals surface area contributed by atoms with Gasteiger partial charge in [-0.05, 0) is 44.6 Å². The van der Waals surface area contributed by atoms with Crippen molar-refractivity contribution in [2.75, 3.05) is 19.7 Å². The van der Waals surface area contributed by atoms with E-state index in [2.05, 4.69) is 33.7 Å². The summed E-state index contributed by atoms with van der Waals surface area (Å²) in [5.74, 6) is -2.42. The fraction of sp³-hybridized carbons (Fsp3) is 0.562. The van der Waals surface area contributed by atoms with Crippen molar-refractivity contribution in [3.05, 3.63) is 53.4 Å². The molecule has 3 heterocycles. The van der Waals surface area contributed by atoms with Gasteiger partial charge in [-0.15, -0.1) is 0 Å². The van der Waals surface area contributed by atoms with Crippen molar-refractivity contribution in [1.29, 1.82) is 0 Å². The van der Waals surface area contributed by atoms with Crippen LogP contribution in [0.2, 0.25) is 0 Å². The third-order valence-electron chi connectivity index (χ3n) is 8.43. The van der Waals surface area contributed by atoms with E-state index in [1.54, 1.807) is 13.8 Å².